The largest absolute Gasteiger partial charge is 0.399 e. The maximum absolute atomic E-state index is 12.4. The smallest absolute Gasteiger partial charge is 0.237 e. The van der Waals surface area contributed by atoms with E-state index in [1.807, 2.05) is 36.9 Å². The molecule has 2 rings (SSSR count). The standard InChI is InChI=1S/C16H22N2OS/c1-3-18(14-6-4-5-7-14)16(19)11-20-15-9-8-13(17)10-12(15)2/h6,8-10H,3-5,7,11,17H2,1-2H3. The molecule has 2 N–H and O–H groups in total. The summed E-state index contributed by atoms with van der Waals surface area (Å²) in [6.45, 7) is 4.82. The van der Waals surface area contributed by atoms with Gasteiger partial charge in [-0.3, -0.25) is 4.79 Å². The number of allylic oxidation sites excluding steroid dienone is 2. The Morgan fingerprint density at radius 1 is 1.45 bits per heavy atom. The number of benzene rings is 1. The van der Waals surface area contributed by atoms with E-state index in [4.69, 9.17) is 5.73 Å². The fraction of sp³-hybridized carbons (Fsp3) is 0.438. The van der Waals surface area contributed by atoms with Gasteiger partial charge in [-0.25, -0.2) is 0 Å². The highest BCUT2D eigenvalue weighted by Gasteiger charge is 2.18. The summed E-state index contributed by atoms with van der Waals surface area (Å²) in [6, 6.07) is 5.83. The van der Waals surface area contributed by atoms with E-state index in [2.05, 4.69) is 6.08 Å². The highest BCUT2D eigenvalue weighted by Crippen LogP contribution is 2.26. The SMILES string of the molecule is CCN(C(=O)CSc1ccc(N)cc1C)C1=CCCC1. The first-order chi connectivity index (χ1) is 9.61. The number of carbonyl (C=O) groups excluding carboxylic acids is 1. The molecule has 0 aromatic heterocycles. The summed E-state index contributed by atoms with van der Waals surface area (Å²) in [5, 5.41) is 0. The molecule has 1 amide bonds. The zero-order valence-electron chi connectivity index (χ0n) is 12.2. The number of hydrogen-bond acceptors (Lipinski definition) is 3. The fourth-order valence-electron chi connectivity index (χ4n) is 2.49. The van der Waals surface area contributed by atoms with E-state index >= 15 is 0 Å². The first kappa shape index (κ1) is 15.0. The van der Waals surface area contributed by atoms with E-state index in [0.717, 1.165) is 35.5 Å². The minimum Gasteiger partial charge on any atom is -0.399 e. The summed E-state index contributed by atoms with van der Waals surface area (Å²) in [5.41, 5.74) is 8.84. The summed E-state index contributed by atoms with van der Waals surface area (Å²) in [5.74, 6) is 0.678. The lowest BCUT2D eigenvalue weighted by atomic mass is 10.2. The molecule has 108 valence electrons. The number of hydrogen-bond donors (Lipinski definition) is 1. The van der Waals surface area contributed by atoms with Crippen LogP contribution in [0.4, 0.5) is 5.69 Å². The lowest BCUT2D eigenvalue weighted by Crippen LogP contribution is -2.31. The predicted octanol–water partition coefficient (Wildman–Crippen LogP) is 3.59. The Balaban J connectivity index is 1.97. The summed E-state index contributed by atoms with van der Waals surface area (Å²) in [7, 11) is 0. The number of thioether (sulfide) groups is 1. The first-order valence-corrected chi connectivity index (χ1v) is 8.08. The van der Waals surface area contributed by atoms with Crippen LogP contribution in [0.1, 0.15) is 31.7 Å². The van der Waals surface area contributed by atoms with Gasteiger partial charge in [0.05, 0.1) is 5.75 Å². The highest BCUT2D eigenvalue weighted by molar-refractivity contribution is 8.00. The molecule has 0 heterocycles. The van der Waals surface area contributed by atoms with Gasteiger partial charge < -0.3 is 10.6 Å². The van der Waals surface area contributed by atoms with Gasteiger partial charge in [-0.15, -0.1) is 11.8 Å². The molecule has 0 fully saturated rings. The van der Waals surface area contributed by atoms with E-state index in [-0.39, 0.29) is 5.91 Å². The summed E-state index contributed by atoms with van der Waals surface area (Å²) in [4.78, 5) is 15.4. The van der Waals surface area contributed by atoms with Crippen LogP contribution >= 0.6 is 11.8 Å². The quantitative estimate of drug-likeness (QED) is 0.666. The molecule has 1 aromatic carbocycles. The zero-order valence-corrected chi connectivity index (χ0v) is 13.0. The molecule has 0 bridgehead atoms. The minimum atomic E-state index is 0.196. The zero-order chi connectivity index (χ0) is 14.5. The predicted molar refractivity (Wildman–Crippen MR) is 85.6 cm³/mol. The normalized spacial score (nSPS) is 14.2. The molecular formula is C16H22N2OS. The van der Waals surface area contributed by atoms with Gasteiger partial charge in [-0.05, 0) is 56.9 Å². The molecule has 0 saturated carbocycles. The van der Waals surface area contributed by atoms with Gasteiger partial charge in [-0.1, -0.05) is 6.08 Å². The lowest BCUT2D eigenvalue weighted by molar-refractivity contribution is -0.126. The van der Waals surface area contributed by atoms with Crippen LogP contribution in [0.2, 0.25) is 0 Å². The number of carbonyl (C=O) groups is 1. The van der Waals surface area contributed by atoms with Crippen LogP contribution in [0, 0.1) is 6.92 Å². The number of nitrogens with two attached hydrogens (primary N) is 1. The number of rotatable bonds is 5. The average molecular weight is 290 g/mol. The maximum Gasteiger partial charge on any atom is 0.237 e. The third-order valence-corrected chi connectivity index (χ3v) is 4.69. The summed E-state index contributed by atoms with van der Waals surface area (Å²) < 4.78 is 0. The van der Waals surface area contributed by atoms with Gasteiger partial charge in [0.15, 0.2) is 0 Å². The van der Waals surface area contributed by atoms with Gasteiger partial charge in [0.25, 0.3) is 0 Å². The van der Waals surface area contributed by atoms with E-state index in [9.17, 15) is 4.79 Å². The van der Waals surface area contributed by atoms with E-state index in [0.29, 0.717) is 5.75 Å². The van der Waals surface area contributed by atoms with Crippen LogP contribution in [0.15, 0.2) is 34.9 Å². The van der Waals surface area contributed by atoms with Gasteiger partial charge in [0.2, 0.25) is 5.91 Å². The van der Waals surface area contributed by atoms with Crippen LogP contribution in [0.5, 0.6) is 0 Å². The second kappa shape index (κ2) is 6.84. The second-order valence-electron chi connectivity index (χ2n) is 5.04. The van der Waals surface area contributed by atoms with Crippen molar-refractivity contribution in [1.82, 2.24) is 4.90 Å². The highest BCUT2D eigenvalue weighted by atomic mass is 32.2. The van der Waals surface area contributed by atoms with Gasteiger partial charge in [-0.2, -0.15) is 0 Å². The van der Waals surface area contributed by atoms with Crippen molar-refractivity contribution in [3.63, 3.8) is 0 Å². The van der Waals surface area contributed by atoms with Crippen molar-refractivity contribution in [2.75, 3.05) is 18.0 Å². The second-order valence-corrected chi connectivity index (χ2v) is 6.06. The number of anilines is 1. The summed E-state index contributed by atoms with van der Waals surface area (Å²) in [6.07, 6.45) is 5.50. The molecular weight excluding hydrogens is 268 g/mol. The Morgan fingerprint density at radius 2 is 2.25 bits per heavy atom. The Labute approximate surface area is 125 Å². The van der Waals surface area contributed by atoms with Crippen LogP contribution < -0.4 is 5.73 Å². The molecule has 0 radical (unpaired) electrons. The number of aryl methyl sites for hydroxylation is 1. The fourth-order valence-corrected chi connectivity index (χ4v) is 3.38. The molecule has 0 saturated heterocycles. The first-order valence-electron chi connectivity index (χ1n) is 7.10. The number of amides is 1. The third-order valence-electron chi connectivity index (χ3n) is 3.53. The molecule has 3 nitrogen and oxygen atoms in total. The van der Waals surface area contributed by atoms with Crippen LogP contribution in [0.3, 0.4) is 0 Å². The topological polar surface area (TPSA) is 46.3 Å². The van der Waals surface area contributed by atoms with Gasteiger partial charge in [0.1, 0.15) is 0 Å². The monoisotopic (exact) mass is 290 g/mol. The third kappa shape index (κ3) is 3.57. The summed E-state index contributed by atoms with van der Waals surface area (Å²) >= 11 is 1.59. The maximum atomic E-state index is 12.4. The van der Waals surface area contributed by atoms with Crippen molar-refractivity contribution < 1.29 is 4.79 Å². The van der Waals surface area contributed by atoms with Gasteiger partial charge in [0, 0.05) is 22.8 Å². The molecule has 20 heavy (non-hydrogen) atoms. The molecule has 1 aromatic rings. The molecule has 4 heteroatoms. The van der Waals surface area contributed by atoms with E-state index < -0.39 is 0 Å². The lowest BCUT2D eigenvalue weighted by Gasteiger charge is -2.22. The molecule has 0 aliphatic heterocycles. The van der Waals surface area contributed by atoms with E-state index in [1.165, 1.54) is 12.1 Å². The van der Waals surface area contributed by atoms with Crippen molar-refractivity contribution in [2.24, 2.45) is 0 Å². The Bertz CT molecular complexity index is 525. The number of nitrogens with zero attached hydrogens (tertiary/aromatic N) is 1. The van der Waals surface area contributed by atoms with Crippen molar-refractivity contribution >= 4 is 23.4 Å². The van der Waals surface area contributed by atoms with E-state index in [1.54, 1.807) is 11.8 Å². The Morgan fingerprint density at radius 3 is 2.85 bits per heavy atom. The van der Waals surface area contributed by atoms with Crippen molar-refractivity contribution in [2.45, 2.75) is 38.0 Å². The molecule has 1 aliphatic rings. The average Bonchev–Trinajstić information content (AvgIpc) is 2.92. The van der Waals surface area contributed by atoms with Crippen molar-refractivity contribution in [1.29, 1.82) is 0 Å². The van der Waals surface area contributed by atoms with Crippen LogP contribution in [0.25, 0.3) is 0 Å². The van der Waals surface area contributed by atoms with Crippen molar-refractivity contribution in [3.05, 3.63) is 35.5 Å². The molecule has 0 atom stereocenters. The minimum absolute atomic E-state index is 0.196. The molecule has 0 spiro atoms. The van der Waals surface area contributed by atoms with Crippen LogP contribution in [-0.2, 0) is 4.79 Å². The van der Waals surface area contributed by atoms with Crippen LogP contribution in [-0.4, -0.2) is 23.1 Å². The Kier molecular flexibility index (Phi) is 5.12. The van der Waals surface area contributed by atoms with Crippen molar-refractivity contribution in [3.8, 4) is 0 Å². The molecule has 1 aliphatic carbocycles. The van der Waals surface area contributed by atoms with Gasteiger partial charge >= 0.3 is 0 Å². The Hall–Kier alpha value is -1.42. The number of nitrogen functional groups attached to an aromatic ring is 1. The molecule has 0 unspecified atom stereocenters.